The summed E-state index contributed by atoms with van der Waals surface area (Å²) >= 11 is 0. The van der Waals surface area contributed by atoms with Crippen LogP contribution in [0.1, 0.15) is 13.8 Å². The van der Waals surface area contributed by atoms with Crippen LogP contribution in [0.4, 0.5) is 4.79 Å². The third-order valence-electron chi connectivity index (χ3n) is 2.35. The van der Waals surface area contributed by atoms with Crippen LogP contribution in [-0.4, -0.2) is 40.9 Å². The normalized spacial score (nSPS) is 20.8. The van der Waals surface area contributed by atoms with Crippen LogP contribution < -0.4 is 0 Å². The number of amides is 3. The second-order valence-corrected chi connectivity index (χ2v) is 3.45. The first-order valence-electron chi connectivity index (χ1n) is 3.89. The Labute approximate surface area is 76.5 Å². The lowest BCUT2D eigenvalue weighted by atomic mass is 10.1. The molecule has 1 fully saturated rings. The zero-order valence-corrected chi connectivity index (χ0v) is 7.87. The maximum Gasteiger partial charge on any atom is 0.328 e. The molecule has 0 aromatic heterocycles. The first-order chi connectivity index (χ1) is 5.92. The van der Waals surface area contributed by atoms with E-state index in [0.29, 0.717) is 0 Å². The van der Waals surface area contributed by atoms with Gasteiger partial charge in [-0.1, -0.05) is 0 Å². The lowest BCUT2D eigenvalue weighted by Crippen LogP contribution is -2.41. The smallest absolute Gasteiger partial charge is 0.313 e. The molecule has 5 nitrogen and oxygen atoms in total. The van der Waals surface area contributed by atoms with E-state index in [1.54, 1.807) is 27.0 Å². The van der Waals surface area contributed by atoms with Crippen LogP contribution in [0, 0.1) is 11.3 Å². The van der Waals surface area contributed by atoms with E-state index in [-0.39, 0.29) is 12.5 Å². The second-order valence-electron chi connectivity index (χ2n) is 3.45. The van der Waals surface area contributed by atoms with E-state index in [4.69, 9.17) is 5.26 Å². The number of rotatable bonds is 1. The summed E-state index contributed by atoms with van der Waals surface area (Å²) in [5.74, 6) is -0.318. The highest BCUT2D eigenvalue weighted by Gasteiger charge is 2.48. The van der Waals surface area contributed by atoms with E-state index in [9.17, 15) is 9.59 Å². The van der Waals surface area contributed by atoms with Crippen molar-refractivity contribution in [1.29, 1.82) is 5.26 Å². The predicted octanol–water partition coefficient (Wildman–Crippen LogP) is 0.183. The van der Waals surface area contributed by atoms with Crippen LogP contribution in [0.5, 0.6) is 0 Å². The Morgan fingerprint density at radius 1 is 1.46 bits per heavy atom. The van der Waals surface area contributed by atoms with Crippen LogP contribution in [-0.2, 0) is 4.79 Å². The molecular formula is C8H11N3O2. The molecule has 3 amide bonds. The molecule has 0 bridgehead atoms. The molecule has 0 unspecified atom stereocenters. The fourth-order valence-electron chi connectivity index (χ4n) is 1.19. The molecule has 0 aromatic carbocycles. The Bertz CT molecular complexity index is 303. The SMILES string of the molecule is CN1C(=O)N(CC#N)C(=O)C1(C)C. The number of nitrogens with zero attached hydrogens (tertiary/aromatic N) is 3. The molecule has 13 heavy (non-hydrogen) atoms. The van der Waals surface area contributed by atoms with Crippen molar-refractivity contribution < 1.29 is 9.59 Å². The summed E-state index contributed by atoms with van der Waals surface area (Å²) in [6, 6.07) is 1.38. The average molecular weight is 181 g/mol. The number of carbonyl (C=O) groups excluding carboxylic acids is 2. The van der Waals surface area contributed by atoms with E-state index in [1.165, 1.54) is 4.90 Å². The third kappa shape index (κ3) is 1.15. The Hall–Kier alpha value is -1.57. The Morgan fingerprint density at radius 2 is 2.00 bits per heavy atom. The number of nitriles is 1. The molecule has 1 saturated heterocycles. The van der Waals surface area contributed by atoms with Gasteiger partial charge < -0.3 is 4.90 Å². The highest BCUT2D eigenvalue weighted by atomic mass is 16.2. The van der Waals surface area contributed by atoms with E-state index < -0.39 is 11.6 Å². The number of imide groups is 1. The van der Waals surface area contributed by atoms with Crippen LogP contribution in [0.15, 0.2) is 0 Å². The van der Waals surface area contributed by atoms with Crippen molar-refractivity contribution in [3.8, 4) is 6.07 Å². The van der Waals surface area contributed by atoms with Gasteiger partial charge in [-0.2, -0.15) is 5.26 Å². The van der Waals surface area contributed by atoms with Gasteiger partial charge in [-0.15, -0.1) is 0 Å². The van der Waals surface area contributed by atoms with Gasteiger partial charge in [0.05, 0.1) is 6.07 Å². The van der Waals surface area contributed by atoms with Gasteiger partial charge in [-0.25, -0.2) is 9.69 Å². The average Bonchev–Trinajstić information content (AvgIpc) is 2.21. The molecule has 0 atom stereocenters. The number of likely N-dealkylation sites (N-methyl/N-ethyl adjacent to an activating group) is 1. The number of hydrogen-bond acceptors (Lipinski definition) is 3. The number of hydrogen-bond donors (Lipinski definition) is 0. The topological polar surface area (TPSA) is 64.4 Å². The standard InChI is InChI=1S/C8H11N3O2/c1-8(2)6(12)11(5-4-9)7(13)10(8)3/h5H2,1-3H3. The van der Waals surface area contributed by atoms with E-state index in [2.05, 4.69) is 0 Å². The van der Waals surface area contributed by atoms with Gasteiger partial charge in [-0.3, -0.25) is 4.79 Å². The molecule has 0 aliphatic carbocycles. The summed E-state index contributed by atoms with van der Waals surface area (Å²) in [5, 5.41) is 8.40. The highest BCUT2D eigenvalue weighted by molar-refractivity contribution is 6.06. The van der Waals surface area contributed by atoms with Crippen molar-refractivity contribution in [2.24, 2.45) is 0 Å². The van der Waals surface area contributed by atoms with Gasteiger partial charge in [0, 0.05) is 7.05 Å². The van der Waals surface area contributed by atoms with Crippen LogP contribution in [0.2, 0.25) is 0 Å². The molecule has 1 heterocycles. The van der Waals surface area contributed by atoms with Crippen molar-refractivity contribution in [2.75, 3.05) is 13.6 Å². The minimum Gasteiger partial charge on any atom is -0.313 e. The zero-order valence-electron chi connectivity index (χ0n) is 7.87. The number of urea groups is 1. The minimum absolute atomic E-state index is 0.175. The van der Waals surface area contributed by atoms with E-state index in [0.717, 1.165) is 4.90 Å². The Morgan fingerprint density at radius 3 is 2.31 bits per heavy atom. The zero-order chi connectivity index (χ0) is 10.2. The van der Waals surface area contributed by atoms with E-state index >= 15 is 0 Å². The maximum atomic E-state index is 11.6. The van der Waals surface area contributed by atoms with Gasteiger partial charge in [0.1, 0.15) is 12.1 Å². The van der Waals surface area contributed by atoms with Crippen molar-refractivity contribution in [1.82, 2.24) is 9.80 Å². The molecule has 0 saturated carbocycles. The molecule has 0 aromatic rings. The van der Waals surface area contributed by atoms with Gasteiger partial charge in [0.25, 0.3) is 5.91 Å². The van der Waals surface area contributed by atoms with Gasteiger partial charge in [-0.05, 0) is 13.8 Å². The Kier molecular flexibility index (Phi) is 2.00. The molecular weight excluding hydrogens is 170 g/mol. The molecule has 0 N–H and O–H groups in total. The summed E-state index contributed by atoms with van der Waals surface area (Å²) in [4.78, 5) is 25.2. The summed E-state index contributed by atoms with van der Waals surface area (Å²) in [6.45, 7) is 3.14. The van der Waals surface area contributed by atoms with Crippen molar-refractivity contribution in [3.05, 3.63) is 0 Å². The van der Waals surface area contributed by atoms with Gasteiger partial charge in [0.15, 0.2) is 0 Å². The molecule has 1 aliphatic heterocycles. The van der Waals surface area contributed by atoms with Crippen LogP contribution in [0.3, 0.4) is 0 Å². The largest absolute Gasteiger partial charge is 0.328 e. The Balaban J connectivity index is 3.01. The molecule has 0 radical (unpaired) electrons. The monoisotopic (exact) mass is 181 g/mol. The number of carbonyl (C=O) groups is 2. The first-order valence-corrected chi connectivity index (χ1v) is 3.89. The third-order valence-corrected chi connectivity index (χ3v) is 2.35. The summed E-state index contributed by atoms with van der Waals surface area (Å²) in [7, 11) is 1.55. The van der Waals surface area contributed by atoms with E-state index in [1.807, 2.05) is 0 Å². The molecule has 70 valence electrons. The predicted molar refractivity (Wildman–Crippen MR) is 44.6 cm³/mol. The lowest BCUT2D eigenvalue weighted by molar-refractivity contribution is -0.131. The second kappa shape index (κ2) is 2.73. The molecule has 0 spiro atoms. The quantitative estimate of drug-likeness (QED) is 0.428. The summed E-state index contributed by atoms with van der Waals surface area (Å²) < 4.78 is 0. The minimum atomic E-state index is -0.825. The van der Waals surface area contributed by atoms with Crippen molar-refractivity contribution in [2.45, 2.75) is 19.4 Å². The summed E-state index contributed by atoms with van der Waals surface area (Å²) in [5.41, 5.74) is -0.825. The van der Waals surface area contributed by atoms with Crippen molar-refractivity contribution in [3.63, 3.8) is 0 Å². The van der Waals surface area contributed by atoms with Gasteiger partial charge in [0.2, 0.25) is 0 Å². The maximum absolute atomic E-state index is 11.6. The fourth-order valence-corrected chi connectivity index (χ4v) is 1.19. The van der Waals surface area contributed by atoms with Crippen LogP contribution >= 0.6 is 0 Å². The van der Waals surface area contributed by atoms with Crippen molar-refractivity contribution >= 4 is 11.9 Å². The summed E-state index contributed by atoms with van der Waals surface area (Å²) in [6.07, 6.45) is 0. The van der Waals surface area contributed by atoms with Gasteiger partial charge >= 0.3 is 6.03 Å². The highest BCUT2D eigenvalue weighted by Crippen LogP contribution is 2.24. The van der Waals surface area contributed by atoms with Crippen LogP contribution in [0.25, 0.3) is 0 Å². The molecule has 1 rings (SSSR count). The first kappa shape index (κ1) is 9.52. The molecule has 1 aliphatic rings. The molecule has 5 heteroatoms. The lowest BCUT2D eigenvalue weighted by Gasteiger charge is -2.22. The fraction of sp³-hybridized carbons (Fsp3) is 0.625.